The van der Waals surface area contributed by atoms with Gasteiger partial charge in [0, 0.05) is 12.8 Å². The van der Waals surface area contributed by atoms with Gasteiger partial charge in [0.1, 0.15) is 0 Å². The van der Waals surface area contributed by atoms with Crippen molar-refractivity contribution in [1.29, 1.82) is 0 Å². The SMILES string of the molecule is CCCCCCCCCCCCCCCCCCCCCCCCCCCC(O)C(CO)NC(=O)CCCCCCCCCCCCCCCCCCCCOC(=O)CCCCCCCCCCCCCCCCCC. The quantitative estimate of drug-likeness (QED) is 0.0417. The van der Waals surface area contributed by atoms with Gasteiger partial charge in [0.25, 0.3) is 0 Å². The van der Waals surface area contributed by atoms with E-state index in [2.05, 4.69) is 19.2 Å². The number of hydrogen-bond acceptors (Lipinski definition) is 5. The Balaban J connectivity index is 3.38. The Morgan fingerprint density at radius 3 is 0.803 bits per heavy atom. The third-order valence-corrected chi connectivity index (χ3v) is 16.9. The Labute approximate surface area is 476 Å². The fourth-order valence-corrected chi connectivity index (χ4v) is 11.5. The van der Waals surface area contributed by atoms with Crippen LogP contribution in [0, 0.1) is 0 Å². The molecule has 0 heterocycles. The molecule has 0 saturated heterocycles. The van der Waals surface area contributed by atoms with Crippen molar-refractivity contribution in [2.45, 2.75) is 424 Å². The van der Waals surface area contributed by atoms with E-state index >= 15 is 0 Å². The van der Waals surface area contributed by atoms with Crippen LogP contribution in [0.25, 0.3) is 0 Å². The number of carbonyl (C=O) groups excluding carboxylic acids is 2. The van der Waals surface area contributed by atoms with Crippen molar-refractivity contribution in [2.75, 3.05) is 13.2 Å². The lowest BCUT2D eigenvalue weighted by Gasteiger charge is -2.22. The first-order valence-corrected chi connectivity index (χ1v) is 35.3. The van der Waals surface area contributed by atoms with E-state index in [0.29, 0.717) is 25.9 Å². The molecule has 454 valence electrons. The number of rotatable bonds is 67. The summed E-state index contributed by atoms with van der Waals surface area (Å²) < 4.78 is 5.50. The van der Waals surface area contributed by atoms with Crippen LogP contribution in [0.4, 0.5) is 0 Å². The van der Waals surface area contributed by atoms with Crippen LogP contribution in [0.3, 0.4) is 0 Å². The average molecular weight is 1070 g/mol. The molecular weight excluding hydrogens is 935 g/mol. The van der Waals surface area contributed by atoms with Gasteiger partial charge >= 0.3 is 5.97 Å². The number of esters is 1. The van der Waals surface area contributed by atoms with Gasteiger partial charge in [0.2, 0.25) is 5.91 Å². The van der Waals surface area contributed by atoms with Crippen LogP contribution in [0.5, 0.6) is 0 Å². The number of ether oxygens (including phenoxy) is 1. The van der Waals surface area contributed by atoms with E-state index in [1.165, 1.54) is 340 Å². The molecule has 0 bridgehead atoms. The Hall–Kier alpha value is -1.14. The molecule has 0 fully saturated rings. The van der Waals surface area contributed by atoms with Gasteiger partial charge in [-0.3, -0.25) is 9.59 Å². The van der Waals surface area contributed by atoms with E-state index in [9.17, 15) is 19.8 Å². The van der Waals surface area contributed by atoms with Crippen LogP contribution in [0.15, 0.2) is 0 Å². The molecule has 0 saturated carbocycles. The minimum absolute atomic E-state index is 0.0126. The zero-order valence-corrected chi connectivity index (χ0v) is 52.0. The maximum atomic E-state index is 12.6. The Morgan fingerprint density at radius 1 is 0.316 bits per heavy atom. The lowest BCUT2D eigenvalue weighted by Crippen LogP contribution is -2.45. The average Bonchev–Trinajstić information content (AvgIpc) is 3.42. The van der Waals surface area contributed by atoms with E-state index < -0.39 is 12.1 Å². The molecule has 6 nitrogen and oxygen atoms in total. The summed E-state index contributed by atoms with van der Waals surface area (Å²) >= 11 is 0. The number of nitrogens with one attached hydrogen (secondary N) is 1. The van der Waals surface area contributed by atoms with Gasteiger partial charge < -0.3 is 20.3 Å². The van der Waals surface area contributed by atoms with Crippen LogP contribution in [0.1, 0.15) is 412 Å². The maximum Gasteiger partial charge on any atom is 0.305 e. The van der Waals surface area contributed by atoms with Gasteiger partial charge in [0.15, 0.2) is 0 Å². The third kappa shape index (κ3) is 62.1. The summed E-state index contributed by atoms with van der Waals surface area (Å²) in [5, 5.41) is 23.4. The molecule has 0 aromatic heterocycles. The van der Waals surface area contributed by atoms with Crippen molar-refractivity contribution in [2.24, 2.45) is 0 Å². The second-order valence-electron chi connectivity index (χ2n) is 24.6. The van der Waals surface area contributed by atoms with Gasteiger partial charge in [-0.25, -0.2) is 0 Å². The second kappa shape index (κ2) is 66.4. The number of amides is 1. The lowest BCUT2D eigenvalue weighted by molar-refractivity contribution is -0.143. The molecule has 76 heavy (non-hydrogen) atoms. The van der Waals surface area contributed by atoms with Crippen molar-refractivity contribution >= 4 is 11.9 Å². The molecule has 2 atom stereocenters. The Bertz CT molecular complexity index is 1100. The zero-order valence-electron chi connectivity index (χ0n) is 52.0. The van der Waals surface area contributed by atoms with Gasteiger partial charge in [-0.2, -0.15) is 0 Å². The number of carbonyl (C=O) groups is 2. The highest BCUT2D eigenvalue weighted by atomic mass is 16.5. The van der Waals surface area contributed by atoms with Crippen molar-refractivity contribution in [1.82, 2.24) is 5.32 Å². The van der Waals surface area contributed by atoms with Crippen LogP contribution < -0.4 is 5.32 Å². The highest BCUT2D eigenvalue weighted by Crippen LogP contribution is 2.20. The third-order valence-electron chi connectivity index (χ3n) is 16.9. The maximum absolute atomic E-state index is 12.6. The molecule has 1 amide bonds. The fraction of sp³-hybridized carbons (Fsp3) is 0.971. The Kier molecular flexibility index (Phi) is 65.4. The fourth-order valence-electron chi connectivity index (χ4n) is 11.5. The standard InChI is InChI=1S/C70H139NO5/c1-3-5-7-9-11-13-15-17-19-21-22-23-24-25-26-27-28-31-34-38-42-46-50-54-58-62-68(73)67(66-72)71-69(74)63-59-55-51-47-43-39-35-32-29-30-33-37-41-45-49-53-57-61-65-76-70(75)64-60-56-52-48-44-40-36-20-18-16-14-12-10-8-6-4-2/h67-68,72-73H,3-66H2,1-2H3,(H,71,74). The highest BCUT2D eigenvalue weighted by molar-refractivity contribution is 5.76. The first kappa shape index (κ1) is 74.9. The minimum Gasteiger partial charge on any atom is -0.466 e. The first-order chi connectivity index (χ1) is 37.5. The minimum atomic E-state index is -0.668. The molecule has 0 rings (SSSR count). The van der Waals surface area contributed by atoms with E-state index in [1.54, 1.807) is 0 Å². The number of aliphatic hydroxyl groups excluding tert-OH is 2. The molecule has 6 heteroatoms. The van der Waals surface area contributed by atoms with Crippen molar-refractivity contribution in [3.05, 3.63) is 0 Å². The van der Waals surface area contributed by atoms with E-state index in [4.69, 9.17) is 4.74 Å². The molecule has 3 N–H and O–H groups in total. The molecular formula is C70H139NO5. The predicted molar refractivity (Wildman–Crippen MR) is 334 cm³/mol. The number of unbranched alkanes of at least 4 members (excludes halogenated alkanes) is 56. The van der Waals surface area contributed by atoms with E-state index in [1.807, 2.05) is 0 Å². The summed E-state index contributed by atoms with van der Waals surface area (Å²) in [4.78, 5) is 24.6. The molecule has 0 aliphatic rings. The number of hydrogen-bond donors (Lipinski definition) is 3. The number of aliphatic hydroxyl groups is 2. The summed E-state index contributed by atoms with van der Waals surface area (Å²) in [6.45, 7) is 5.00. The van der Waals surface area contributed by atoms with E-state index in [0.717, 1.165) is 38.5 Å². The molecule has 2 unspecified atom stereocenters. The predicted octanol–water partition coefficient (Wildman–Crippen LogP) is 22.6. The summed E-state index contributed by atoms with van der Waals surface area (Å²) in [6, 6.07) is -0.545. The van der Waals surface area contributed by atoms with E-state index in [-0.39, 0.29) is 18.5 Å². The van der Waals surface area contributed by atoms with Crippen LogP contribution in [0.2, 0.25) is 0 Å². The van der Waals surface area contributed by atoms with Crippen LogP contribution in [-0.2, 0) is 14.3 Å². The zero-order chi connectivity index (χ0) is 55.0. The van der Waals surface area contributed by atoms with Gasteiger partial charge in [-0.05, 0) is 25.7 Å². The van der Waals surface area contributed by atoms with Gasteiger partial charge in [-0.1, -0.05) is 373 Å². The highest BCUT2D eigenvalue weighted by Gasteiger charge is 2.20. The topological polar surface area (TPSA) is 95.9 Å². The summed E-state index contributed by atoms with van der Waals surface area (Å²) in [5.74, 6) is -0.0202. The van der Waals surface area contributed by atoms with Crippen LogP contribution >= 0.6 is 0 Å². The largest absolute Gasteiger partial charge is 0.466 e. The van der Waals surface area contributed by atoms with Gasteiger partial charge in [-0.15, -0.1) is 0 Å². The Morgan fingerprint density at radius 2 is 0.539 bits per heavy atom. The normalized spacial score (nSPS) is 12.4. The van der Waals surface area contributed by atoms with Crippen LogP contribution in [-0.4, -0.2) is 47.4 Å². The molecule has 0 aliphatic carbocycles. The second-order valence-corrected chi connectivity index (χ2v) is 24.6. The molecule has 0 radical (unpaired) electrons. The molecule has 0 aliphatic heterocycles. The van der Waals surface area contributed by atoms with Crippen molar-refractivity contribution in [3.63, 3.8) is 0 Å². The van der Waals surface area contributed by atoms with Crippen molar-refractivity contribution in [3.8, 4) is 0 Å². The summed E-state index contributed by atoms with van der Waals surface area (Å²) in [6.07, 6.45) is 80.0. The molecule has 0 aromatic carbocycles. The summed E-state index contributed by atoms with van der Waals surface area (Å²) in [5.41, 5.74) is 0. The lowest BCUT2D eigenvalue weighted by atomic mass is 10.0. The molecule has 0 spiro atoms. The van der Waals surface area contributed by atoms with Gasteiger partial charge in [0.05, 0.1) is 25.4 Å². The molecule has 0 aromatic rings. The smallest absolute Gasteiger partial charge is 0.305 e. The van der Waals surface area contributed by atoms with Crippen molar-refractivity contribution < 1.29 is 24.5 Å². The monoisotopic (exact) mass is 1070 g/mol. The first-order valence-electron chi connectivity index (χ1n) is 35.3. The summed E-state index contributed by atoms with van der Waals surface area (Å²) in [7, 11) is 0.